The molecule has 7 heteroatoms. The van der Waals surface area contributed by atoms with Gasteiger partial charge in [-0.1, -0.05) is 42.2 Å². The molecule has 0 saturated carbocycles. The van der Waals surface area contributed by atoms with Gasteiger partial charge in [0.2, 0.25) is 10.0 Å². The first-order valence-corrected chi connectivity index (χ1v) is 13.2. The van der Waals surface area contributed by atoms with E-state index < -0.39 is 16.1 Å². The largest absolute Gasteiger partial charge is 0.496 e. The zero-order valence-corrected chi connectivity index (χ0v) is 20.2. The van der Waals surface area contributed by atoms with E-state index in [2.05, 4.69) is 16.6 Å². The Morgan fingerprint density at radius 2 is 1.79 bits per heavy atom. The second-order valence-corrected chi connectivity index (χ2v) is 10.7. The van der Waals surface area contributed by atoms with Crippen LogP contribution >= 0.6 is 11.3 Å². The number of rotatable bonds is 4. The number of hydrogen-bond acceptors (Lipinski definition) is 5. The molecule has 1 aliphatic rings. The number of sulfonamides is 1. The molecule has 5 nitrogen and oxygen atoms in total. The average Bonchev–Trinajstić information content (AvgIpc) is 3.30. The van der Waals surface area contributed by atoms with Crippen molar-refractivity contribution in [3.05, 3.63) is 99.7 Å². The van der Waals surface area contributed by atoms with Crippen molar-refractivity contribution in [1.29, 1.82) is 0 Å². The van der Waals surface area contributed by atoms with Crippen LogP contribution in [0.4, 0.5) is 5.69 Å². The second-order valence-electron chi connectivity index (χ2n) is 7.83. The molecule has 0 fully saturated rings. The van der Waals surface area contributed by atoms with Crippen LogP contribution in [0.3, 0.4) is 0 Å². The number of methoxy groups -OCH3 is 1. The summed E-state index contributed by atoms with van der Waals surface area (Å²) >= 11 is 1.56. The molecular formula is C27H21NO4S2. The normalized spacial score (nSPS) is 14.1. The molecule has 1 atom stereocenters. The fourth-order valence-electron chi connectivity index (χ4n) is 3.95. The third kappa shape index (κ3) is 4.51. The lowest BCUT2D eigenvalue weighted by Crippen LogP contribution is -2.16. The Kier molecular flexibility index (Phi) is 5.78. The molecule has 4 aromatic rings. The van der Waals surface area contributed by atoms with Gasteiger partial charge in [0, 0.05) is 16.8 Å². The fraction of sp³-hybridized carbons (Fsp3) is 0.111. The topological polar surface area (TPSA) is 64.6 Å². The first-order chi connectivity index (χ1) is 16.4. The summed E-state index contributed by atoms with van der Waals surface area (Å²) < 4.78 is 38.3. The number of hydrogen-bond donors (Lipinski definition) is 1. The Hall–Kier alpha value is -3.73. The molecule has 0 radical (unpaired) electrons. The van der Waals surface area contributed by atoms with Crippen LogP contribution in [0.25, 0.3) is 11.1 Å². The lowest BCUT2D eigenvalue weighted by atomic mass is 9.91. The maximum Gasteiger partial charge on any atom is 0.229 e. The molecule has 1 N–H and O–H groups in total. The second kappa shape index (κ2) is 8.90. The van der Waals surface area contributed by atoms with Crippen LogP contribution in [-0.2, 0) is 10.0 Å². The summed E-state index contributed by atoms with van der Waals surface area (Å²) in [4.78, 5) is 1.90. The van der Waals surface area contributed by atoms with Gasteiger partial charge in [-0.15, -0.1) is 11.3 Å². The van der Waals surface area contributed by atoms with E-state index >= 15 is 0 Å². The van der Waals surface area contributed by atoms with Crippen molar-refractivity contribution in [2.75, 3.05) is 18.1 Å². The third-order valence-corrected chi connectivity index (χ3v) is 7.00. The summed E-state index contributed by atoms with van der Waals surface area (Å²) in [5.74, 6) is 7.82. The molecule has 170 valence electrons. The number of ether oxygens (including phenoxy) is 2. The monoisotopic (exact) mass is 487 g/mol. The highest BCUT2D eigenvalue weighted by molar-refractivity contribution is 7.92. The van der Waals surface area contributed by atoms with E-state index in [4.69, 9.17) is 9.47 Å². The minimum absolute atomic E-state index is 0.409. The minimum Gasteiger partial charge on any atom is -0.496 e. The summed E-state index contributed by atoms with van der Waals surface area (Å²) in [6, 6.07) is 25.0. The SMILES string of the molecule is COc1cccc2c1-c1ccc(NS(C)(=O)=O)cc1C(c1ccc(C#Cc3ccccc3)s1)O2. The fourth-order valence-corrected chi connectivity index (χ4v) is 5.41. The molecule has 34 heavy (non-hydrogen) atoms. The number of anilines is 1. The van der Waals surface area contributed by atoms with E-state index in [-0.39, 0.29) is 0 Å². The van der Waals surface area contributed by atoms with Crippen LogP contribution in [-0.4, -0.2) is 21.8 Å². The van der Waals surface area contributed by atoms with Gasteiger partial charge in [0.1, 0.15) is 11.5 Å². The molecule has 1 aromatic heterocycles. The van der Waals surface area contributed by atoms with Crippen molar-refractivity contribution in [3.8, 4) is 34.5 Å². The van der Waals surface area contributed by atoms with Gasteiger partial charge in [-0.25, -0.2) is 8.42 Å². The summed E-state index contributed by atoms with van der Waals surface area (Å²) in [5.41, 5.74) is 4.08. The third-order valence-electron chi connectivity index (χ3n) is 5.35. The summed E-state index contributed by atoms with van der Waals surface area (Å²) in [6.45, 7) is 0. The number of benzene rings is 3. The quantitative estimate of drug-likeness (QED) is 0.376. The van der Waals surface area contributed by atoms with Gasteiger partial charge in [0.05, 0.1) is 28.7 Å². The van der Waals surface area contributed by atoms with Gasteiger partial charge >= 0.3 is 0 Å². The van der Waals surface area contributed by atoms with Crippen molar-refractivity contribution in [1.82, 2.24) is 0 Å². The minimum atomic E-state index is -3.42. The Labute approximate surface area is 203 Å². The molecule has 1 unspecified atom stereocenters. The average molecular weight is 488 g/mol. The highest BCUT2D eigenvalue weighted by Crippen LogP contribution is 2.50. The lowest BCUT2D eigenvalue weighted by Gasteiger charge is -2.29. The van der Waals surface area contributed by atoms with E-state index in [1.54, 1.807) is 24.5 Å². The van der Waals surface area contributed by atoms with Crippen molar-refractivity contribution >= 4 is 27.0 Å². The van der Waals surface area contributed by atoms with Crippen LogP contribution in [0, 0.1) is 11.8 Å². The van der Waals surface area contributed by atoms with Crippen molar-refractivity contribution in [3.63, 3.8) is 0 Å². The van der Waals surface area contributed by atoms with Crippen LogP contribution in [0.1, 0.15) is 27.0 Å². The molecule has 1 aliphatic heterocycles. The molecule has 0 saturated heterocycles. The maximum atomic E-state index is 11.8. The zero-order chi connectivity index (χ0) is 23.7. The van der Waals surface area contributed by atoms with Gasteiger partial charge in [0.25, 0.3) is 0 Å². The molecule has 0 aliphatic carbocycles. The van der Waals surface area contributed by atoms with E-state index in [1.807, 2.05) is 72.8 Å². The molecule has 0 spiro atoms. The Morgan fingerprint density at radius 3 is 2.56 bits per heavy atom. The van der Waals surface area contributed by atoms with Gasteiger partial charge < -0.3 is 9.47 Å². The highest BCUT2D eigenvalue weighted by Gasteiger charge is 2.31. The molecule has 3 aromatic carbocycles. The van der Waals surface area contributed by atoms with Crippen molar-refractivity contribution < 1.29 is 17.9 Å². The van der Waals surface area contributed by atoms with Crippen molar-refractivity contribution in [2.45, 2.75) is 6.10 Å². The molecule has 2 heterocycles. The maximum absolute atomic E-state index is 11.8. The number of fused-ring (bicyclic) bond motifs is 3. The molecule has 0 bridgehead atoms. The Bertz CT molecular complexity index is 1530. The summed E-state index contributed by atoms with van der Waals surface area (Å²) in [7, 11) is -1.80. The van der Waals surface area contributed by atoms with Crippen LogP contribution in [0.5, 0.6) is 11.5 Å². The van der Waals surface area contributed by atoms with Crippen molar-refractivity contribution in [2.24, 2.45) is 0 Å². The summed E-state index contributed by atoms with van der Waals surface area (Å²) in [6.07, 6.45) is 0.726. The molecular weight excluding hydrogens is 466 g/mol. The molecule has 5 rings (SSSR count). The molecule has 0 amide bonds. The standard InChI is InChI=1S/C27H21NO4S2/c1-31-23-9-6-10-24-26(23)21-15-12-19(28-34(2,29)30)17-22(21)27(32-24)25-16-14-20(33-25)13-11-18-7-4-3-5-8-18/h3-10,12,14-17,27-28H,1-2H3. The first-order valence-electron chi connectivity index (χ1n) is 10.5. The smallest absolute Gasteiger partial charge is 0.229 e. The van der Waals surface area contributed by atoms with Gasteiger partial charge in [-0.05, 0) is 54.1 Å². The van der Waals surface area contributed by atoms with Gasteiger partial charge in [-0.2, -0.15) is 0 Å². The predicted octanol–water partition coefficient (Wildman–Crippen LogP) is 5.68. The van der Waals surface area contributed by atoms with Crippen LogP contribution < -0.4 is 14.2 Å². The van der Waals surface area contributed by atoms with E-state index in [0.29, 0.717) is 17.2 Å². The first kappa shape index (κ1) is 22.1. The zero-order valence-electron chi connectivity index (χ0n) is 18.5. The number of nitrogens with one attached hydrogen (secondary N) is 1. The lowest BCUT2D eigenvalue weighted by molar-refractivity contribution is 0.246. The van der Waals surface area contributed by atoms with Gasteiger partial charge in [0.15, 0.2) is 6.10 Å². The van der Waals surface area contributed by atoms with Crippen LogP contribution in [0.15, 0.2) is 78.9 Å². The Morgan fingerprint density at radius 1 is 0.971 bits per heavy atom. The van der Waals surface area contributed by atoms with Crippen LogP contribution in [0.2, 0.25) is 0 Å². The Balaban J connectivity index is 1.58. The van der Waals surface area contributed by atoms with E-state index in [1.165, 1.54) is 0 Å². The van der Waals surface area contributed by atoms with E-state index in [9.17, 15) is 8.42 Å². The number of thiophene rings is 1. The summed E-state index contributed by atoms with van der Waals surface area (Å²) in [5, 5.41) is 0. The highest BCUT2D eigenvalue weighted by atomic mass is 32.2. The van der Waals surface area contributed by atoms with Gasteiger partial charge in [-0.3, -0.25) is 4.72 Å². The van der Waals surface area contributed by atoms with E-state index in [0.717, 1.165) is 38.3 Å². The predicted molar refractivity (Wildman–Crippen MR) is 136 cm³/mol.